The van der Waals surface area contributed by atoms with Crippen LogP contribution >= 0.6 is 11.8 Å². The Balaban J connectivity index is 1.27. The highest BCUT2D eigenvalue weighted by Crippen LogP contribution is 2.36. The van der Waals surface area contributed by atoms with Crippen molar-refractivity contribution < 1.29 is 4.79 Å². The molecule has 0 saturated heterocycles. The highest BCUT2D eigenvalue weighted by Gasteiger charge is 2.27. The van der Waals surface area contributed by atoms with Crippen molar-refractivity contribution in [1.29, 1.82) is 0 Å². The number of hydrogen-bond donors (Lipinski definition) is 1. The number of fused-ring (bicyclic) bond motifs is 1. The van der Waals surface area contributed by atoms with Crippen molar-refractivity contribution in [3.05, 3.63) is 78.1 Å². The number of nitrogens with zero attached hydrogens (tertiary/aromatic N) is 2. The Morgan fingerprint density at radius 1 is 1.16 bits per heavy atom. The number of nitrogens with one attached hydrogen (secondary N) is 1. The molecule has 2 heterocycles. The highest BCUT2D eigenvalue weighted by atomic mass is 32.2. The summed E-state index contributed by atoms with van der Waals surface area (Å²) >= 11 is 1.67. The zero-order valence-corrected chi connectivity index (χ0v) is 14.6. The maximum atomic E-state index is 12.4. The Bertz CT molecular complexity index is 834. The lowest BCUT2D eigenvalue weighted by atomic mass is 10.1. The van der Waals surface area contributed by atoms with E-state index in [1.807, 2.05) is 41.2 Å². The molecule has 1 aliphatic rings. The molecule has 2 aromatic carbocycles. The largest absolute Gasteiger partial charge is 0.355 e. The summed E-state index contributed by atoms with van der Waals surface area (Å²) in [6.07, 6.45) is 5.34. The highest BCUT2D eigenvalue weighted by molar-refractivity contribution is 8.01. The zero-order valence-electron chi connectivity index (χ0n) is 13.8. The van der Waals surface area contributed by atoms with Crippen LogP contribution in [0.2, 0.25) is 0 Å². The lowest BCUT2D eigenvalue weighted by Crippen LogP contribution is -2.33. The number of carbonyl (C=O) groups excluding carboxylic acids is 1. The van der Waals surface area contributed by atoms with Gasteiger partial charge in [0.25, 0.3) is 0 Å². The molecule has 0 aliphatic carbocycles. The van der Waals surface area contributed by atoms with E-state index in [0.29, 0.717) is 6.54 Å². The molecule has 1 aromatic heterocycles. The Kier molecular flexibility index (Phi) is 4.57. The molecule has 1 unspecified atom stereocenters. The van der Waals surface area contributed by atoms with Crippen LogP contribution in [0.3, 0.4) is 0 Å². The standard InChI is InChI=1S/C20H19N3OS/c24-20(19-14-16-4-1-2-5-18(16)25-19)21-12-10-15-6-8-17(9-7-15)23-13-3-11-22-23/h1-9,11,13,19H,10,12,14H2,(H,21,24). The van der Waals surface area contributed by atoms with E-state index in [9.17, 15) is 4.79 Å². The molecule has 4 nitrogen and oxygen atoms in total. The topological polar surface area (TPSA) is 46.9 Å². The summed E-state index contributed by atoms with van der Waals surface area (Å²) < 4.78 is 1.83. The van der Waals surface area contributed by atoms with E-state index in [0.717, 1.165) is 18.5 Å². The van der Waals surface area contributed by atoms with Crippen molar-refractivity contribution in [3.8, 4) is 5.69 Å². The van der Waals surface area contributed by atoms with E-state index in [1.54, 1.807) is 18.0 Å². The van der Waals surface area contributed by atoms with Crippen molar-refractivity contribution in [3.63, 3.8) is 0 Å². The first-order chi connectivity index (χ1) is 12.3. The monoisotopic (exact) mass is 349 g/mol. The minimum atomic E-state index is -0.000378. The summed E-state index contributed by atoms with van der Waals surface area (Å²) in [5, 5.41) is 7.29. The van der Waals surface area contributed by atoms with Crippen LogP contribution in [0.5, 0.6) is 0 Å². The minimum Gasteiger partial charge on any atom is -0.355 e. The average Bonchev–Trinajstić information content (AvgIpc) is 3.32. The normalized spacial score (nSPS) is 15.8. The first kappa shape index (κ1) is 16.0. The SMILES string of the molecule is O=C(NCCc1ccc(-n2cccn2)cc1)C1Cc2ccccc2S1. The van der Waals surface area contributed by atoms with E-state index in [2.05, 4.69) is 34.7 Å². The third-order valence-electron chi connectivity index (χ3n) is 4.36. The maximum Gasteiger partial charge on any atom is 0.233 e. The van der Waals surface area contributed by atoms with Gasteiger partial charge in [0.2, 0.25) is 5.91 Å². The van der Waals surface area contributed by atoms with Gasteiger partial charge in [-0.2, -0.15) is 5.10 Å². The van der Waals surface area contributed by atoms with Crippen LogP contribution in [0, 0.1) is 0 Å². The predicted octanol–water partition coefficient (Wildman–Crippen LogP) is 3.25. The zero-order chi connectivity index (χ0) is 17.1. The molecule has 0 fully saturated rings. The van der Waals surface area contributed by atoms with Gasteiger partial charge in [0.1, 0.15) is 0 Å². The van der Waals surface area contributed by atoms with Crippen LogP contribution in [0.4, 0.5) is 0 Å². The van der Waals surface area contributed by atoms with Gasteiger partial charge in [-0.1, -0.05) is 30.3 Å². The Morgan fingerprint density at radius 2 is 2.00 bits per heavy atom. The minimum absolute atomic E-state index is 0.000378. The average molecular weight is 349 g/mol. The third kappa shape index (κ3) is 3.61. The van der Waals surface area contributed by atoms with Crippen LogP contribution in [0.25, 0.3) is 5.69 Å². The molecule has 1 N–H and O–H groups in total. The summed E-state index contributed by atoms with van der Waals surface area (Å²) in [4.78, 5) is 13.6. The number of rotatable bonds is 5. The fraction of sp³-hybridized carbons (Fsp3) is 0.200. The van der Waals surface area contributed by atoms with Crippen molar-refractivity contribution in [2.24, 2.45) is 0 Å². The molecule has 1 amide bonds. The maximum absolute atomic E-state index is 12.4. The van der Waals surface area contributed by atoms with E-state index in [-0.39, 0.29) is 11.2 Å². The molecule has 0 spiro atoms. The van der Waals surface area contributed by atoms with E-state index in [4.69, 9.17) is 0 Å². The summed E-state index contributed by atoms with van der Waals surface area (Å²) in [5.41, 5.74) is 3.53. The quantitative estimate of drug-likeness (QED) is 0.769. The van der Waals surface area contributed by atoms with Crippen molar-refractivity contribution >= 4 is 17.7 Å². The molecule has 25 heavy (non-hydrogen) atoms. The van der Waals surface area contributed by atoms with Gasteiger partial charge in [0, 0.05) is 23.8 Å². The van der Waals surface area contributed by atoms with E-state index in [1.165, 1.54) is 16.0 Å². The van der Waals surface area contributed by atoms with E-state index >= 15 is 0 Å². The summed E-state index contributed by atoms with van der Waals surface area (Å²) in [6, 6.07) is 18.4. The van der Waals surface area contributed by atoms with Gasteiger partial charge in [-0.15, -0.1) is 11.8 Å². The molecule has 0 bridgehead atoms. The number of thioether (sulfide) groups is 1. The third-order valence-corrected chi connectivity index (χ3v) is 5.68. The first-order valence-electron chi connectivity index (χ1n) is 8.41. The number of benzene rings is 2. The van der Waals surface area contributed by atoms with Crippen LogP contribution in [0.1, 0.15) is 11.1 Å². The molecule has 4 rings (SSSR count). The van der Waals surface area contributed by atoms with Gasteiger partial charge in [0.05, 0.1) is 10.9 Å². The fourth-order valence-electron chi connectivity index (χ4n) is 3.01. The number of aromatic nitrogens is 2. The molecule has 1 aliphatic heterocycles. The molecular weight excluding hydrogens is 330 g/mol. The fourth-order valence-corrected chi connectivity index (χ4v) is 4.23. The second kappa shape index (κ2) is 7.15. The first-order valence-corrected chi connectivity index (χ1v) is 9.29. The van der Waals surface area contributed by atoms with Gasteiger partial charge in [-0.3, -0.25) is 4.79 Å². The Labute approximate surface area is 151 Å². The van der Waals surface area contributed by atoms with Gasteiger partial charge in [0.15, 0.2) is 0 Å². The van der Waals surface area contributed by atoms with Crippen LogP contribution in [0.15, 0.2) is 71.9 Å². The van der Waals surface area contributed by atoms with Crippen LogP contribution < -0.4 is 5.32 Å². The smallest absolute Gasteiger partial charge is 0.233 e. The summed E-state index contributed by atoms with van der Waals surface area (Å²) in [6.45, 7) is 0.660. The Morgan fingerprint density at radius 3 is 2.76 bits per heavy atom. The van der Waals surface area contributed by atoms with Crippen molar-refractivity contribution in [1.82, 2.24) is 15.1 Å². The summed E-state index contributed by atoms with van der Waals surface area (Å²) in [5.74, 6) is 0.134. The van der Waals surface area contributed by atoms with Gasteiger partial charge in [-0.25, -0.2) is 4.68 Å². The lowest BCUT2D eigenvalue weighted by Gasteiger charge is -2.10. The molecule has 1 atom stereocenters. The van der Waals surface area contributed by atoms with Gasteiger partial charge < -0.3 is 5.32 Å². The molecule has 0 saturated carbocycles. The van der Waals surface area contributed by atoms with Crippen molar-refractivity contribution in [2.45, 2.75) is 23.0 Å². The molecular formula is C20H19N3OS. The van der Waals surface area contributed by atoms with Crippen LogP contribution in [-0.4, -0.2) is 27.5 Å². The second-order valence-corrected chi connectivity index (χ2v) is 7.32. The number of carbonyl (C=O) groups is 1. The molecule has 126 valence electrons. The number of amides is 1. The predicted molar refractivity (Wildman–Crippen MR) is 100 cm³/mol. The Hall–Kier alpha value is -2.53. The van der Waals surface area contributed by atoms with E-state index < -0.39 is 0 Å². The summed E-state index contributed by atoms with van der Waals surface area (Å²) in [7, 11) is 0. The van der Waals surface area contributed by atoms with Crippen LogP contribution in [-0.2, 0) is 17.6 Å². The second-order valence-electron chi connectivity index (χ2n) is 6.08. The van der Waals surface area contributed by atoms with Gasteiger partial charge >= 0.3 is 0 Å². The molecule has 3 aromatic rings. The lowest BCUT2D eigenvalue weighted by molar-refractivity contribution is -0.120. The molecule has 5 heteroatoms. The molecule has 0 radical (unpaired) electrons. The number of hydrogen-bond acceptors (Lipinski definition) is 3. The van der Waals surface area contributed by atoms with Crippen molar-refractivity contribution in [2.75, 3.05) is 6.54 Å². The van der Waals surface area contributed by atoms with Gasteiger partial charge in [-0.05, 0) is 48.2 Å².